The minimum absolute atomic E-state index is 0.122. The minimum atomic E-state index is -0.122. The van der Waals surface area contributed by atoms with Crippen LogP contribution in [0.3, 0.4) is 0 Å². The molecule has 0 bridgehead atoms. The summed E-state index contributed by atoms with van der Waals surface area (Å²) in [5, 5.41) is 13.6. The number of hydrogen-bond acceptors (Lipinski definition) is 3. The Balaban J connectivity index is 2.15. The predicted molar refractivity (Wildman–Crippen MR) is 87.8 cm³/mol. The van der Waals surface area contributed by atoms with E-state index in [-0.39, 0.29) is 11.3 Å². The van der Waals surface area contributed by atoms with Crippen molar-refractivity contribution in [3.63, 3.8) is 0 Å². The first-order chi connectivity index (χ1) is 9.94. The van der Waals surface area contributed by atoms with Crippen LogP contribution in [0.5, 0.6) is 5.75 Å². The van der Waals surface area contributed by atoms with Crippen LogP contribution in [0.25, 0.3) is 0 Å². The molecule has 1 aliphatic heterocycles. The molecule has 0 atom stereocenters. The zero-order chi connectivity index (χ0) is 15.0. The summed E-state index contributed by atoms with van der Waals surface area (Å²) >= 11 is 0. The minimum Gasteiger partial charge on any atom is -0.506 e. The van der Waals surface area contributed by atoms with Gasteiger partial charge < -0.3 is 10.4 Å². The molecule has 108 valence electrons. The molecular weight excluding hydrogens is 260 g/mol. The van der Waals surface area contributed by atoms with Crippen molar-refractivity contribution in [2.75, 3.05) is 5.32 Å². The molecule has 3 heteroatoms. The Hall–Kier alpha value is -2.29. The molecular formula is C18H20N2O. The van der Waals surface area contributed by atoms with E-state index in [9.17, 15) is 5.11 Å². The highest BCUT2D eigenvalue weighted by atomic mass is 16.3. The van der Waals surface area contributed by atoms with Crippen LogP contribution >= 0.6 is 0 Å². The summed E-state index contributed by atoms with van der Waals surface area (Å²) in [5.74, 6) is 0.210. The Morgan fingerprint density at radius 2 is 1.81 bits per heavy atom. The molecule has 0 amide bonds. The van der Waals surface area contributed by atoms with Gasteiger partial charge in [-0.3, -0.25) is 0 Å². The number of aliphatic imine (C=N–C) groups is 1. The van der Waals surface area contributed by atoms with Gasteiger partial charge in [0.2, 0.25) is 0 Å². The van der Waals surface area contributed by atoms with Crippen LogP contribution in [-0.4, -0.2) is 16.4 Å². The lowest BCUT2D eigenvalue weighted by atomic mass is 9.93. The normalized spacial score (nSPS) is 16.4. The first kappa shape index (κ1) is 13.7. The van der Waals surface area contributed by atoms with E-state index >= 15 is 0 Å². The van der Waals surface area contributed by atoms with Crippen molar-refractivity contribution in [3.05, 3.63) is 53.6 Å². The van der Waals surface area contributed by atoms with Crippen LogP contribution in [0.15, 0.2) is 47.5 Å². The van der Waals surface area contributed by atoms with Gasteiger partial charge in [-0.25, -0.2) is 4.99 Å². The van der Waals surface area contributed by atoms with Gasteiger partial charge in [0.05, 0.1) is 11.4 Å². The molecule has 0 unspecified atom stereocenters. The summed E-state index contributed by atoms with van der Waals surface area (Å²) in [4.78, 5) is 4.74. The van der Waals surface area contributed by atoms with E-state index in [1.807, 2.05) is 12.1 Å². The number of phenols is 1. The lowest BCUT2D eigenvalue weighted by molar-refractivity contribution is 0.477. The van der Waals surface area contributed by atoms with Gasteiger partial charge in [0, 0.05) is 12.0 Å². The van der Waals surface area contributed by atoms with Crippen molar-refractivity contribution in [2.45, 2.75) is 32.7 Å². The number of anilines is 1. The highest BCUT2D eigenvalue weighted by Crippen LogP contribution is 2.39. The fourth-order valence-corrected chi connectivity index (χ4v) is 2.66. The third kappa shape index (κ3) is 2.77. The average molecular weight is 280 g/mol. The van der Waals surface area contributed by atoms with E-state index in [1.165, 1.54) is 5.56 Å². The smallest absolute Gasteiger partial charge is 0.143 e. The number of nitrogens with one attached hydrogen (secondary N) is 1. The monoisotopic (exact) mass is 280 g/mol. The van der Waals surface area contributed by atoms with E-state index in [0.717, 1.165) is 23.4 Å². The van der Waals surface area contributed by atoms with Crippen molar-refractivity contribution in [2.24, 2.45) is 4.99 Å². The van der Waals surface area contributed by atoms with Gasteiger partial charge in [0.1, 0.15) is 11.4 Å². The maximum atomic E-state index is 10.1. The largest absolute Gasteiger partial charge is 0.506 e. The molecule has 0 fully saturated rings. The van der Waals surface area contributed by atoms with Crippen LogP contribution in [0.2, 0.25) is 0 Å². The van der Waals surface area contributed by atoms with Crippen molar-refractivity contribution < 1.29 is 5.11 Å². The highest BCUT2D eigenvalue weighted by molar-refractivity contribution is 6.05. The molecule has 2 N–H and O–H groups in total. The summed E-state index contributed by atoms with van der Waals surface area (Å²) in [6, 6.07) is 13.8. The van der Waals surface area contributed by atoms with E-state index < -0.39 is 0 Å². The van der Waals surface area contributed by atoms with E-state index in [1.54, 1.807) is 6.07 Å². The number of fused-ring (bicyclic) bond motifs is 1. The van der Waals surface area contributed by atoms with Gasteiger partial charge >= 0.3 is 0 Å². The molecule has 1 aliphatic rings. The predicted octanol–water partition coefficient (Wildman–Crippen LogP) is 4.42. The maximum Gasteiger partial charge on any atom is 0.143 e. The first-order valence-corrected chi connectivity index (χ1v) is 7.19. The molecule has 3 rings (SSSR count). The quantitative estimate of drug-likeness (QED) is 0.812. The second-order valence-corrected chi connectivity index (χ2v) is 6.28. The molecule has 21 heavy (non-hydrogen) atoms. The topological polar surface area (TPSA) is 44.6 Å². The van der Waals surface area contributed by atoms with E-state index in [4.69, 9.17) is 4.99 Å². The van der Waals surface area contributed by atoms with Crippen molar-refractivity contribution in [1.82, 2.24) is 0 Å². The van der Waals surface area contributed by atoms with E-state index in [2.05, 4.69) is 50.4 Å². The summed E-state index contributed by atoms with van der Waals surface area (Å²) in [7, 11) is 0. The molecule has 0 radical (unpaired) electrons. The zero-order valence-corrected chi connectivity index (χ0v) is 12.6. The van der Waals surface area contributed by atoms with Crippen molar-refractivity contribution in [3.8, 4) is 5.75 Å². The Morgan fingerprint density at radius 1 is 1.10 bits per heavy atom. The number of aryl methyl sites for hydroxylation is 1. The van der Waals surface area contributed by atoms with E-state index in [0.29, 0.717) is 5.69 Å². The second kappa shape index (κ2) is 4.92. The number of aromatic hydroxyl groups is 1. The lowest BCUT2D eigenvalue weighted by Gasteiger charge is -2.26. The van der Waals surface area contributed by atoms with Crippen LogP contribution in [0.4, 0.5) is 11.4 Å². The molecule has 3 nitrogen and oxygen atoms in total. The summed E-state index contributed by atoms with van der Waals surface area (Å²) in [6.07, 6.45) is 0.796. The highest BCUT2D eigenvalue weighted by Gasteiger charge is 2.26. The summed E-state index contributed by atoms with van der Waals surface area (Å²) in [6.45, 7) is 6.37. The van der Waals surface area contributed by atoms with Gasteiger partial charge in [-0.05, 0) is 38.5 Å². The van der Waals surface area contributed by atoms with Gasteiger partial charge in [-0.1, -0.05) is 35.9 Å². The van der Waals surface area contributed by atoms with Gasteiger partial charge in [0.25, 0.3) is 0 Å². The molecule has 2 aromatic rings. The zero-order valence-electron chi connectivity index (χ0n) is 12.6. The fraction of sp³-hybridized carbons (Fsp3) is 0.278. The number of rotatable bonds is 1. The molecule has 0 saturated carbocycles. The van der Waals surface area contributed by atoms with Gasteiger partial charge in [-0.2, -0.15) is 0 Å². The average Bonchev–Trinajstić information content (AvgIpc) is 2.55. The Bertz CT molecular complexity index is 700. The SMILES string of the molecule is Cc1ccc(C2=Nc3c(O)cccc3NC(C)(C)C2)cc1. The molecule has 0 aromatic heterocycles. The molecule has 0 aliphatic carbocycles. The number of phenolic OH excluding ortho intramolecular Hbond substituents is 1. The molecule has 1 heterocycles. The Labute approximate surface area is 125 Å². The van der Waals surface area contributed by atoms with Crippen LogP contribution in [0, 0.1) is 6.92 Å². The standard InChI is InChI=1S/C18H20N2O/c1-12-7-9-13(10-8-12)15-11-18(2,3)20-14-5-4-6-16(21)17(14)19-15/h4-10,20-21H,11H2,1-3H3. The van der Waals surface area contributed by atoms with Gasteiger partial charge in [0.15, 0.2) is 0 Å². The number of para-hydroxylation sites is 1. The van der Waals surface area contributed by atoms with Crippen LogP contribution < -0.4 is 5.32 Å². The molecule has 2 aromatic carbocycles. The Kier molecular flexibility index (Phi) is 3.20. The third-order valence-electron chi connectivity index (χ3n) is 3.73. The summed E-state index contributed by atoms with van der Waals surface area (Å²) < 4.78 is 0. The van der Waals surface area contributed by atoms with Crippen molar-refractivity contribution >= 4 is 17.1 Å². The maximum absolute atomic E-state index is 10.1. The third-order valence-corrected chi connectivity index (χ3v) is 3.73. The first-order valence-electron chi connectivity index (χ1n) is 7.19. The number of benzene rings is 2. The fourth-order valence-electron chi connectivity index (χ4n) is 2.66. The number of hydrogen-bond donors (Lipinski definition) is 2. The molecule has 0 saturated heterocycles. The second-order valence-electron chi connectivity index (χ2n) is 6.28. The number of nitrogens with zero attached hydrogens (tertiary/aromatic N) is 1. The van der Waals surface area contributed by atoms with Gasteiger partial charge in [-0.15, -0.1) is 0 Å². The Morgan fingerprint density at radius 3 is 2.52 bits per heavy atom. The van der Waals surface area contributed by atoms with Crippen LogP contribution in [0.1, 0.15) is 31.4 Å². The van der Waals surface area contributed by atoms with Crippen molar-refractivity contribution in [1.29, 1.82) is 0 Å². The lowest BCUT2D eigenvalue weighted by Crippen LogP contribution is -2.32. The summed E-state index contributed by atoms with van der Waals surface area (Å²) in [5.41, 5.74) is 4.71. The van der Waals surface area contributed by atoms with Crippen LogP contribution in [-0.2, 0) is 0 Å². The molecule has 0 spiro atoms.